The quantitative estimate of drug-likeness (QED) is 0.789. The van der Waals surface area contributed by atoms with Gasteiger partial charge in [-0.25, -0.2) is 0 Å². The standard InChI is InChI=1S/C16H28N2O/c1-13-5-4-10-17-14(13)15(19)18-11-8-16(9-12-18)6-2-3-7-16/h13-14,17H,2-12H2,1H3. The minimum absolute atomic E-state index is 0.0892. The second kappa shape index (κ2) is 5.43. The Bertz CT molecular complexity index is 326. The Hall–Kier alpha value is -0.570. The summed E-state index contributed by atoms with van der Waals surface area (Å²) in [4.78, 5) is 14.8. The summed E-state index contributed by atoms with van der Waals surface area (Å²) in [5.74, 6) is 0.878. The van der Waals surface area contributed by atoms with Gasteiger partial charge in [0, 0.05) is 13.1 Å². The number of nitrogens with one attached hydrogen (secondary N) is 1. The molecule has 1 amide bonds. The van der Waals surface area contributed by atoms with E-state index in [0.29, 0.717) is 17.2 Å². The average molecular weight is 264 g/mol. The van der Waals surface area contributed by atoms with Gasteiger partial charge in [0.25, 0.3) is 0 Å². The Morgan fingerprint density at radius 3 is 2.42 bits per heavy atom. The van der Waals surface area contributed by atoms with Crippen LogP contribution in [0.5, 0.6) is 0 Å². The maximum Gasteiger partial charge on any atom is 0.239 e. The van der Waals surface area contributed by atoms with E-state index in [1.165, 1.54) is 51.4 Å². The highest BCUT2D eigenvalue weighted by Crippen LogP contribution is 2.46. The molecule has 3 nitrogen and oxygen atoms in total. The Kier molecular flexibility index (Phi) is 3.84. The SMILES string of the molecule is CC1CCCNC1C(=O)N1CCC2(CCCC2)CC1. The molecule has 0 aromatic rings. The molecule has 2 atom stereocenters. The number of nitrogens with zero attached hydrogens (tertiary/aromatic N) is 1. The van der Waals surface area contributed by atoms with Crippen molar-refractivity contribution in [3.05, 3.63) is 0 Å². The molecule has 3 heteroatoms. The minimum atomic E-state index is 0.0892. The van der Waals surface area contributed by atoms with Crippen molar-refractivity contribution >= 4 is 5.91 Å². The Balaban J connectivity index is 1.57. The monoisotopic (exact) mass is 264 g/mol. The van der Waals surface area contributed by atoms with E-state index < -0.39 is 0 Å². The van der Waals surface area contributed by atoms with E-state index in [0.717, 1.165) is 19.6 Å². The highest BCUT2D eigenvalue weighted by molar-refractivity contribution is 5.82. The molecule has 2 unspecified atom stereocenters. The molecule has 2 aliphatic heterocycles. The molecule has 1 N–H and O–H groups in total. The highest BCUT2D eigenvalue weighted by atomic mass is 16.2. The third-order valence-electron chi connectivity index (χ3n) is 5.84. The van der Waals surface area contributed by atoms with Crippen molar-refractivity contribution in [1.29, 1.82) is 0 Å². The third kappa shape index (κ3) is 2.67. The molecule has 0 radical (unpaired) electrons. The second-order valence-corrected chi connectivity index (χ2v) is 7.08. The normalized spacial score (nSPS) is 34.7. The fraction of sp³-hybridized carbons (Fsp3) is 0.938. The van der Waals surface area contributed by atoms with Gasteiger partial charge in [0.15, 0.2) is 0 Å². The fourth-order valence-corrected chi connectivity index (χ4v) is 4.40. The highest BCUT2D eigenvalue weighted by Gasteiger charge is 2.39. The lowest BCUT2D eigenvalue weighted by atomic mass is 9.77. The Morgan fingerprint density at radius 1 is 1.11 bits per heavy atom. The van der Waals surface area contributed by atoms with E-state index in [9.17, 15) is 4.79 Å². The first-order valence-electron chi connectivity index (χ1n) is 8.22. The Labute approximate surface area is 117 Å². The molecule has 1 saturated carbocycles. The summed E-state index contributed by atoms with van der Waals surface area (Å²) in [6, 6.07) is 0.0892. The summed E-state index contributed by atoms with van der Waals surface area (Å²) >= 11 is 0. The number of piperidine rings is 2. The molecule has 19 heavy (non-hydrogen) atoms. The number of carbonyl (C=O) groups is 1. The van der Waals surface area contributed by atoms with Crippen LogP contribution in [0.1, 0.15) is 58.3 Å². The smallest absolute Gasteiger partial charge is 0.239 e. The van der Waals surface area contributed by atoms with Crippen LogP contribution < -0.4 is 5.32 Å². The van der Waals surface area contributed by atoms with Crippen molar-refractivity contribution in [2.75, 3.05) is 19.6 Å². The first kappa shape index (κ1) is 13.4. The zero-order chi connectivity index (χ0) is 13.3. The fourth-order valence-electron chi connectivity index (χ4n) is 4.40. The van der Waals surface area contributed by atoms with Crippen LogP contribution in [0.3, 0.4) is 0 Å². The van der Waals surface area contributed by atoms with Gasteiger partial charge in [-0.1, -0.05) is 19.8 Å². The van der Waals surface area contributed by atoms with Gasteiger partial charge in [-0.2, -0.15) is 0 Å². The summed E-state index contributed by atoms with van der Waals surface area (Å²) in [6.45, 7) is 5.24. The van der Waals surface area contributed by atoms with Gasteiger partial charge in [-0.05, 0) is 56.4 Å². The second-order valence-electron chi connectivity index (χ2n) is 7.08. The van der Waals surface area contributed by atoms with Crippen LogP contribution in [-0.4, -0.2) is 36.5 Å². The number of likely N-dealkylation sites (tertiary alicyclic amines) is 1. The van der Waals surface area contributed by atoms with Crippen molar-refractivity contribution in [2.24, 2.45) is 11.3 Å². The largest absolute Gasteiger partial charge is 0.341 e. The molecular formula is C16H28N2O. The molecule has 2 heterocycles. The molecule has 0 aromatic heterocycles. The van der Waals surface area contributed by atoms with Crippen LogP contribution in [0.4, 0.5) is 0 Å². The molecule has 0 aromatic carbocycles. The van der Waals surface area contributed by atoms with Crippen molar-refractivity contribution < 1.29 is 4.79 Å². The molecule has 3 fully saturated rings. The van der Waals surface area contributed by atoms with E-state index in [1.54, 1.807) is 0 Å². The van der Waals surface area contributed by atoms with Crippen molar-refractivity contribution in [3.63, 3.8) is 0 Å². The maximum absolute atomic E-state index is 12.6. The van der Waals surface area contributed by atoms with E-state index in [4.69, 9.17) is 0 Å². The van der Waals surface area contributed by atoms with E-state index >= 15 is 0 Å². The van der Waals surface area contributed by atoms with Crippen molar-refractivity contribution in [2.45, 2.75) is 64.3 Å². The third-order valence-corrected chi connectivity index (χ3v) is 5.84. The molecule has 0 bridgehead atoms. The topological polar surface area (TPSA) is 32.3 Å². The predicted molar refractivity (Wildman–Crippen MR) is 76.9 cm³/mol. The van der Waals surface area contributed by atoms with Gasteiger partial charge >= 0.3 is 0 Å². The van der Waals surface area contributed by atoms with Crippen LogP contribution >= 0.6 is 0 Å². The van der Waals surface area contributed by atoms with Gasteiger partial charge in [0.05, 0.1) is 6.04 Å². The molecule has 108 valence electrons. The van der Waals surface area contributed by atoms with Crippen LogP contribution in [0.15, 0.2) is 0 Å². The van der Waals surface area contributed by atoms with Gasteiger partial charge in [0.1, 0.15) is 0 Å². The van der Waals surface area contributed by atoms with E-state index in [2.05, 4.69) is 17.1 Å². The van der Waals surface area contributed by atoms with Gasteiger partial charge in [0.2, 0.25) is 5.91 Å². The molecule has 1 aliphatic carbocycles. The van der Waals surface area contributed by atoms with E-state index in [1.807, 2.05) is 0 Å². The number of hydrogen-bond acceptors (Lipinski definition) is 2. The number of amides is 1. The zero-order valence-electron chi connectivity index (χ0n) is 12.3. The summed E-state index contributed by atoms with van der Waals surface area (Å²) < 4.78 is 0. The summed E-state index contributed by atoms with van der Waals surface area (Å²) in [5.41, 5.74) is 0.613. The molecule has 2 saturated heterocycles. The predicted octanol–water partition coefficient (Wildman–Crippen LogP) is 2.56. The lowest BCUT2D eigenvalue weighted by Crippen LogP contribution is -2.54. The summed E-state index contributed by atoms with van der Waals surface area (Å²) in [5, 5.41) is 3.44. The van der Waals surface area contributed by atoms with Gasteiger partial charge in [-0.15, -0.1) is 0 Å². The van der Waals surface area contributed by atoms with E-state index in [-0.39, 0.29) is 6.04 Å². The molecular weight excluding hydrogens is 236 g/mol. The van der Waals surface area contributed by atoms with Crippen molar-refractivity contribution in [3.8, 4) is 0 Å². The van der Waals surface area contributed by atoms with Crippen molar-refractivity contribution in [1.82, 2.24) is 10.2 Å². The first-order chi connectivity index (χ1) is 9.20. The molecule has 3 rings (SSSR count). The summed E-state index contributed by atoms with van der Waals surface area (Å²) in [7, 11) is 0. The summed E-state index contributed by atoms with van der Waals surface area (Å²) in [6.07, 6.45) is 10.6. The van der Waals surface area contributed by atoms with Gasteiger partial charge < -0.3 is 10.2 Å². The first-order valence-corrected chi connectivity index (χ1v) is 8.22. The lowest BCUT2D eigenvalue weighted by Gasteiger charge is -2.42. The number of carbonyl (C=O) groups excluding carboxylic acids is 1. The van der Waals surface area contributed by atoms with Crippen LogP contribution in [0.25, 0.3) is 0 Å². The number of hydrogen-bond donors (Lipinski definition) is 1. The number of rotatable bonds is 1. The molecule has 3 aliphatic rings. The van der Waals surface area contributed by atoms with Crippen LogP contribution in [0.2, 0.25) is 0 Å². The lowest BCUT2D eigenvalue weighted by molar-refractivity contribution is -0.137. The maximum atomic E-state index is 12.6. The average Bonchev–Trinajstić information content (AvgIpc) is 2.88. The molecule has 1 spiro atoms. The zero-order valence-corrected chi connectivity index (χ0v) is 12.3. The van der Waals surface area contributed by atoms with Gasteiger partial charge in [-0.3, -0.25) is 4.79 Å². The van der Waals surface area contributed by atoms with Crippen LogP contribution in [0, 0.1) is 11.3 Å². The Morgan fingerprint density at radius 2 is 1.79 bits per heavy atom. The minimum Gasteiger partial charge on any atom is -0.341 e. The van der Waals surface area contributed by atoms with Crippen LogP contribution in [-0.2, 0) is 4.79 Å².